The van der Waals surface area contributed by atoms with Crippen LogP contribution in [0.15, 0.2) is 59.6 Å². The third kappa shape index (κ3) is 2.78. The minimum atomic E-state index is -0.0277. The lowest BCUT2D eigenvalue weighted by Gasteiger charge is -2.35. The molecule has 0 fully saturated rings. The third-order valence-electron chi connectivity index (χ3n) is 5.15. The first kappa shape index (κ1) is 17.3. The van der Waals surface area contributed by atoms with E-state index in [9.17, 15) is 4.79 Å². The fraction of sp³-hybridized carbons (Fsp3) is 0.190. The Hall–Kier alpha value is -2.77. The maximum Gasteiger partial charge on any atom is 0.258 e. The second-order valence-corrected chi connectivity index (χ2v) is 8.69. The number of amides is 1. The van der Waals surface area contributed by atoms with E-state index in [-0.39, 0.29) is 11.9 Å². The molecule has 28 heavy (non-hydrogen) atoms. The fourth-order valence-corrected chi connectivity index (χ4v) is 5.53. The minimum absolute atomic E-state index is 0.0231. The number of hydrogen-bond donors (Lipinski definition) is 0. The molecular formula is C21H18N4OS2. The number of nitrogens with zero attached hydrogens (tertiary/aromatic N) is 4. The van der Waals surface area contributed by atoms with Gasteiger partial charge in [0.2, 0.25) is 0 Å². The van der Waals surface area contributed by atoms with Crippen molar-refractivity contribution >= 4 is 28.6 Å². The van der Waals surface area contributed by atoms with Gasteiger partial charge in [-0.25, -0.2) is 9.67 Å². The van der Waals surface area contributed by atoms with Gasteiger partial charge in [0.1, 0.15) is 0 Å². The van der Waals surface area contributed by atoms with Crippen LogP contribution in [-0.2, 0) is 6.42 Å². The Morgan fingerprint density at radius 3 is 2.86 bits per heavy atom. The van der Waals surface area contributed by atoms with Crippen LogP contribution in [0.1, 0.15) is 37.4 Å². The Morgan fingerprint density at radius 2 is 2.07 bits per heavy atom. The summed E-state index contributed by atoms with van der Waals surface area (Å²) >= 11 is 3.48. The Balaban J connectivity index is 1.54. The SMILES string of the molecule is Cc1c(C(=O)N2CCc3sccc3C2c2cccs2)cnn1-c1ccccn1. The van der Waals surface area contributed by atoms with Crippen LogP contribution in [0.25, 0.3) is 5.82 Å². The number of carbonyl (C=O) groups excluding carboxylic acids is 1. The van der Waals surface area contributed by atoms with Crippen LogP contribution in [-0.4, -0.2) is 32.1 Å². The third-order valence-corrected chi connectivity index (χ3v) is 7.07. The molecule has 4 aromatic rings. The lowest BCUT2D eigenvalue weighted by atomic mass is 9.97. The monoisotopic (exact) mass is 406 g/mol. The second-order valence-electron chi connectivity index (χ2n) is 6.71. The Labute approximate surface area is 170 Å². The number of pyridine rings is 1. The van der Waals surface area contributed by atoms with Gasteiger partial charge in [0, 0.05) is 22.5 Å². The van der Waals surface area contributed by atoms with E-state index in [1.807, 2.05) is 36.1 Å². The molecule has 7 heteroatoms. The van der Waals surface area contributed by atoms with Crippen molar-refractivity contribution in [1.82, 2.24) is 19.7 Å². The van der Waals surface area contributed by atoms with E-state index in [1.54, 1.807) is 39.7 Å². The maximum atomic E-state index is 13.6. The molecule has 0 saturated heterocycles. The highest BCUT2D eigenvalue weighted by Gasteiger charge is 2.35. The molecule has 1 amide bonds. The molecule has 0 saturated carbocycles. The topological polar surface area (TPSA) is 51.0 Å². The quantitative estimate of drug-likeness (QED) is 0.504. The maximum absolute atomic E-state index is 13.6. The van der Waals surface area contributed by atoms with Gasteiger partial charge >= 0.3 is 0 Å². The van der Waals surface area contributed by atoms with Crippen LogP contribution in [0, 0.1) is 6.92 Å². The van der Waals surface area contributed by atoms with E-state index >= 15 is 0 Å². The minimum Gasteiger partial charge on any atom is -0.326 e. The van der Waals surface area contributed by atoms with Crippen LogP contribution in [0.3, 0.4) is 0 Å². The Morgan fingerprint density at radius 1 is 1.14 bits per heavy atom. The van der Waals surface area contributed by atoms with Gasteiger partial charge in [-0.2, -0.15) is 5.10 Å². The van der Waals surface area contributed by atoms with Crippen LogP contribution in [0.2, 0.25) is 0 Å². The van der Waals surface area contributed by atoms with Gasteiger partial charge in [-0.05, 0) is 53.9 Å². The van der Waals surface area contributed by atoms with E-state index in [0.29, 0.717) is 17.9 Å². The predicted octanol–water partition coefficient (Wildman–Crippen LogP) is 4.49. The van der Waals surface area contributed by atoms with Gasteiger partial charge in [0.05, 0.1) is 23.5 Å². The zero-order chi connectivity index (χ0) is 19.1. The fourth-order valence-electron chi connectivity index (χ4n) is 3.77. The van der Waals surface area contributed by atoms with Crippen molar-refractivity contribution < 1.29 is 4.79 Å². The van der Waals surface area contributed by atoms with Gasteiger partial charge in [-0.15, -0.1) is 22.7 Å². The summed E-state index contributed by atoms with van der Waals surface area (Å²) in [5, 5.41) is 8.64. The highest BCUT2D eigenvalue weighted by Crippen LogP contribution is 2.40. The molecule has 1 unspecified atom stereocenters. The Kier molecular flexibility index (Phi) is 4.33. The first-order valence-electron chi connectivity index (χ1n) is 9.10. The summed E-state index contributed by atoms with van der Waals surface area (Å²) in [5.74, 6) is 0.738. The van der Waals surface area contributed by atoms with Crippen molar-refractivity contribution in [2.45, 2.75) is 19.4 Å². The molecule has 0 radical (unpaired) electrons. The van der Waals surface area contributed by atoms with Crippen molar-refractivity contribution in [2.75, 3.05) is 6.54 Å². The van der Waals surface area contributed by atoms with Crippen molar-refractivity contribution in [3.63, 3.8) is 0 Å². The van der Waals surface area contributed by atoms with Crippen LogP contribution in [0.5, 0.6) is 0 Å². The number of rotatable bonds is 3. The van der Waals surface area contributed by atoms with Crippen LogP contribution < -0.4 is 0 Å². The first-order chi connectivity index (χ1) is 13.7. The normalized spacial score (nSPS) is 16.2. The molecule has 140 valence electrons. The zero-order valence-electron chi connectivity index (χ0n) is 15.3. The van der Waals surface area contributed by atoms with Gasteiger partial charge in [-0.1, -0.05) is 12.1 Å². The highest BCUT2D eigenvalue weighted by atomic mass is 32.1. The van der Waals surface area contributed by atoms with Gasteiger partial charge in [0.25, 0.3) is 5.91 Å². The second kappa shape index (κ2) is 7.00. The molecule has 0 aromatic carbocycles. The summed E-state index contributed by atoms with van der Waals surface area (Å²) in [6.45, 7) is 2.64. The first-order valence-corrected chi connectivity index (χ1v) is 10.9. The molecule has 0 spiro atoms. The van der Waals surface area contributed by atoms with Gasteiger partial charge in [-0.3, -0.25) is 4.79 Å². The number of thiophene rings is 2. The van der Waals surface area contributed by atoms with Crippen LogP contribution >= 0.6 is 22.7 Å². The van der Waals surface area contributed by atoms with Gasteiger partial charge < -0.3 is 4.90 Å². The van der Waals surface area contributed by atoms with Crippen molar-refractivity contribution in [3.05, 3.63) is 86.1 Å². The molecule has 4 aromatic heterocycles. The number of hydrogen-bond acceptors (Lipinski definition) is 5. The average molecular weight is 407 g/mol. The molecule has 5 nitrogen and oxygen atoms in total. The molecular weight excluding hydrogens is 388 g/mol. The summed E-state index contributed by atoms with van der Waals surface area (Å²) in [6, 6.07) is 12.0. The molecule has 5 heterocycles. The summed E-state index contributed by atoms with van der Waals surface area (Å²) in [4.78, 5) is 22.5. The summed E-state index contributed by atoms with van der Waals surface area (Å²) in [7, 11) is 0. The number of carbonyl (C=O) groups is 1. The van der Waals surface area contributed by atoms with Crippen molar-refractivity contribution in [1.29, 1.82) is 0 Å². The predicted molar refractivity (Wildman–Crippen MR) is 111 cm³/mol. The highest BCUT2D eigenvalue weighted by molar-refractivity contribution is 7.10. The zero-order valence-corrected chi connectivity index (χ0v) is 16.9. The lowest BCUT2D eigenvalue weighted by molar-refractivity contribution is 0.0698. The molecule has 0 N–H and O–H groups in total. The van der Waals surface area contributed by atoms with E-state index in [2.05, 4.69) is 33.0 Å². The molecule has 5 rings (SSSR count). The molecule has 0 aliphatic carbocycles. The Bertz CT molecular complexity index is 1110. The smallest absolute Gasteiger partial charge is 0.258 e. The molecule has 1 aliphatic heterocycles. The average Bonchev–Trinajstić information content (AvgIpc) is 3.48. The summed E-state index contributed by atoms with van der Waals surface area (Å²) < 4.78 is 1.73. The van der Waals surface area contributed by atoms with E-state index in [1.165, 1.54) is 15.3 Å². The summed E-state index contributed by atoms with van der Waals surface area (Å²) in [5.41, 5.74) is 2.69. The molecule has 0 bridgehead atoms. The standard InChI is InChI=1S/C21H18N4OS2/c1-14-16(13-23-25(14)19-6-2-3-9-22-19)21(26)24-10-7-17-15(8-12-28-17)20(24)18-5-4-11-27-18/h2-6,8-9,11-13,20H,7,10H2,1H3. The number of fused-ring (bicyclic) bond motifs is 1. The van der Waals surface area contributed by atoms with Crippen LogP contribution in [0.4, 0.5) is 0 Å². The number of aromatic nitrogens is 3. The van der Waals surface area contributed by atoms with E-state index < -0.39 is 0 Å². The van der Waals surface area contributed by atoms with Crippen molar-refractivity contribution in [3.8, 4) is 5.82 Å². The molecule has 1 atom stereocenters. The van der Waals surface area contributed by atoms with Gasteiger partial charge in [0.15, 0.2) is 5.82 Å². The largest absolute Gasteiger partial charge is 0.326 e. The molecule has 1 aliphatic rings. The summed E-state index contributed by atoms with van der Waals surface area (Å²) in [6.07, 6.45) is 4.29. The van der Waals surface area contributed by atoms with E-state index in [0.717, 1.165) is 12.1 Å². The van der Waals surface area contributed by atoms with Crippen molar-refractivity contribution in [2.24, 2.45) is 0 Å². The van der Waals surface area contributed by atoms with E-state index in [4.69, 9.17) is 0 Å². The lowest BCUT2D eigenvalue weighted by Crippen LogP contribution is -2.40.